The predicted molar refractivity (Wildman–Crippen MR) is 88.5 cm³/mol. The van der Waals surface area contributed by atoms with Gasteiger partial charge in [-0.3, -0.25) is 9.59 Å². The van der Waals surface area contributed by atoms with Gasteiger partial charge >= 0.3 is 5.97 Å². The van der Waals surface area contributed by atoms with Gasteiger partial charge in [0.1, 0.15) is 0 Å². The van der Waals surface area contributed by atoms with E-state index in [1.807, 2.05) is 12.1 Å². The number of carbonyl (C=O) groups excluding carboxylic acids is 2. The van der Waals surface area contributed by atoms with Crippen LogP contribution in [0.15, 0.2) is 24.3 Å². The minimum Gasteiger partial charge on any atom is -0.469 e. The number of esters is 1. The number of nitrogens with one attached hydrogen (secondary N) is 1. The average molecular weight is 326 g/mol. The van der Waals surface area contributed by atoms with Crippen molar-refractivity contribution in [1.82, 2.24) is 4.90 Å². The van der Waals surface area contributed by atoms with E-state index in [1.54, 1.807) is 0 Å². The van der Waals surface area contributed by atoms with Gasteiger partial charge in [-0.05, 0) is 36.8 Å². The lowest BCUT2D eigenvalue weighted by atomic mass is 9.56. The number of methoxy groups -OCH3 is 1. The maximum atomic E-state index is 12.8. The Hall–Kier alpha value is -2.04. The van der Waals surface area contributed by atoms with Gasteiger partial charge in [0.15, 0.2) is 0 Å². The fourth-order valence-electron chi connectivity index (χ4n) is 6.09. The highest BCUT2D eigenvalue weighted by atomic mass is 16.5. The van der Waals surface area contributed by atoms with Gasteiger partial charge in [0.05, 0.1) is 19.1 Å². The number of para-hydroxylation sites is 1. The Morgan fingerprint density at radius 1 is 1.38 bits per heavy atom. The molecule has 5 atom stereocenters. The van der Waals surface area contributed by atoms with Crippen LogP contribution in [0.4, 0.5) is 5.69 Å². The molecule has 0 unspecified atom stereocenters. The molecule has 1 spiro atoms. The Bertz CT molecular complexity index is 733. The molecule has 4 aliphatic rings. The molecule has 1 aromatic carbocycles. The Labute approximate surface area is 141 Å². The van der Waals surface area contributed by atoms with E-state index in [-0.39, 0.29) is 35.3 Å². The van der Waals surface area contributed by atoms with E-state index in [0.29, 0.717) is 12.3 Å². The van der Waals surface area contributed by atoms with Crippen LogP contribution in [0.1, 0.15) is 31.2 Å². The Kier molecular flexibility index (Phi) is 2.83. The van der Waals surface area contributed by atoms with Crippen molar-refractivity contribution in [3.8, 4) is 0 Å². The monoisotopic (exact) mass is 326 g/mol. The van der Waals surface area contributed by atoms with E-state index in [1.165, 1.54) is 12.7 Å². The summed E-state index contributed by atoms with van der Waals surface area (Å²) in [6.45, 7) is 0.861. The lowest BCUT2D eigenvalue weighted by Crippen LogP contribution is -2.62. The zero-order valence-electron chi connectivity index (χ0n) is 13.8. The van der Waals surface area contributed by atoms with E-state index >= 15 is 0 Å². The maximum absolute atomic E-state index is 12.8. The Balaban J connectivity index is 1.72. The number of fused-ring (bicyclic) bond motifs is 1. The van der Waals surface area contributed by atoms with Crippen molar-refractivity contribution in [3.63, 3.8) is 0 Å². The summed E-state index contributed by atoms with van der Waals surface area (Å²) in [6, 6.07) is 8.45. The van der Waals surface area contributed by atoms with Gasteiger partial charge in [0.25, 0.3) is 0 Å². The number of amides is 1. The van der Waals surface area contributed by atoms with Crippen LogP contribution >= 0.6 is 0 Å². The summed E-state index contributed by atoms with van der Waals surface area (Å²) < 4.78 is 5.13. The topological polar surface area (TPSA) is 58.6 Å². The lowest BCUT2D eigenvalue weighted by molar-refractivity contribution is -0.150. The van der Waals surface area contributed by atoms with Gasteiger partial charge in [-0.15, -0.1) is 0 Å². The fourth-order valence-corrected chi connectivity index (χ4v) is 6.09. The number of piperidine rings is 1. The second-order valence-electron chi connectivity index (χ2n) is 7.68. The second-order valence-corrected chi connectivity index (χ2v) is 7.68. The molecule has 3 aliphatic heterocycles. The highest BCUT2D eigenvalue weighted by molar-refractivity contribution is 5.87. The third kappa shape index (κ3) is 1.55. The molecule has 126 valence electrons. The first kappa shape index (κ1) is 14.3. The van der Waals surface area contributed by atoms with Crippen molar-refractivity contribution in [3.05, 3.63) is 29.8 Å². The zero-order valence-corrected chi connectivity index (χ0v) is 13.8. The van der Waals surface area contributed by atoms with Gasteiger partial charge in [-0.1, -0.05) is 18.2 Å². The van der Waals surface area contributed by atoms with Crippen molar-refractivity contribution < 1.29 is 14.3 Å². The van der Waals surface area contributed by atoms with Gasteiger partial charge in [-0.25, -0.2) is 0 Å². The molecule has 2 saturated heterocycles. The van der Waals surface area contributed by atoms with Crippen molar-refractivity contribution in [2.24, 2.45) is 11.8 Å². The molecule has 0 aromatic heterocycles. The van der Waals surface area contributed by atoms with E-state index in [9.17, 15) is 9.59 Å². The molecule has 1 saturated carbocycles. The zero-order chi connectivity index (χ0) is 16.5. The number of anilines is 1. The molecule has 1 amide bonds. The van der Waals surface area contributed by atoms with Crippen LogP contribution < -0.4 is 5.32 Å². The van der Waals surface area contributed by atoms with Crippen LogP contribution in [0.3, 0.4) is 0 Å². The van der Waals surface area contributed by atoms with Crippen LogP contribution in [0.2, 0.25) is 0 Å². The van der Waals surface area contributed by atoms with Gasteiger partial charge in [0.2, 0.25) is 5.91 Å². The second kappa shape index (κ2) is 4.74. The summed E-state index contributed by atoms with van der Waals surface area (Å²) in [4.78, 5) is 27.5. The summed E-state index contributed by atoms with van der Waals surface area (Å²) >= 11 is 0. The van der Waals surface area contributed by atoms with Crippen molar-refractivity contribution in [2.45, 2.75) is 43.2 Å². The average Bonchev–Trinajstić information content (AvgIpc) is 3.10. The summed E-state index contributed by atoms with van der Waals surface area (Å²) in [7, 11) is 1.47. The van der Waals surface area contributed by atoms with Gasteiger partial charge in [-0.2, -0.15) is 0 Å². The summed E-state index contributed by atoms with van der Waals surface area (Å²) in [6.07, 6.45) is 3.46. The Morgan fingerprint density at radius 3 is 3.04 bits per heavy atom. The minimum atomic E-state index is -0.282. The van der Waals surface area contributed by atoms with Crippen molar-refractivity contribution >= 4 is 17.6 Å². The molecular weight excluding hydrogens is 304 g/mol. The molecule has 3 fully saturated rings. The summed E-state index contributed by atoms with van der Waals surface area (Å²) in [5, 5.41) is 3.59. The van der Waals surface area contributed by atoms with Gasteiger partial charge in [0, 0.05) is 30.1 Å². The van der Waals surface area contributed by atoms with E-state index in [4.69, 9.17) is 4.74 Å². The van der Waals surface area contributed by atoms with Gasteiger partial charge < -0.3 is 15.0 Å². The highest BCUT2D eigenvalue weighted by Gasteiger charge is 2.68. The maximum Gasteiger partial charge on any atom is 0.310 e. The third-order valence-corrected chi connectivity index (χ3v) is 6.81. The first-order valence-corrected chi connectivity index (χ1v) is 8.90. The number of ether oxygens (including phenoxy) is 1. The molecule has 3 heterocycles. The quantitative estimate of drug-likeness (QED) is 0.801. The molecule has 1 aliphatic carbocycles. The van der Waals surface area contributed by atoms with Crippen LogP contribution in [0, 0.1) is 11.8 Å². The number of benzene rings is 1. The molecule has 0 bridgehead atoms. The number of hydrogen-bond acceptors (Lipinski definition) is 4. The fraction of sp³-hybridized carbons (Fsp3) is 0.579. The smallest absolute Gasteiger partial charge is 0.310 e. The van der Waals surface area contributed by atoms with E-state index in [0.717, 1.165) is 31.5 Å². The van der Waals surface area contributed by atoms with Crippen LogP contribution in [0.25, 0.3) is 0 Å². The molecule has 1 N–H and O–H groups in total. The normalized spacial score (nSPS) is 38.9. The number of nitrogens with zero attached hydrogens (tertiary/aromatic N) is 1. The van der Waals surface area contributed by atoms with Crippen LogP contribution in [0.5, 0.6) is 0 Å². The van der Waals surface area contributed by atoms with Crippen molar-refractivity contribution in [2.75, 3.05) is 19.0 Å². The number of hydrogen-bond donors (Lipinski definition) is 1. The predicted octanol–water partition coefficient (Wildman–Crippen LogP) is 1.92. The molecule has 5 rings (SSSR count). The number of carbonyl (C=O) groups is 2. The summed E-state index contributed by atoms with van der Waals surface area (Å²) in [5.41, 5.74) is 2.02. The molecule has 1 aromatic rings. The minimum absolute atomic E-state index is 0.0457. The largest absolute Gasteiger partial charge is 0.469 e. The van der Waals surface area contributed by atoms with Crippen molar-refractivity contribution in [1.29, 1.82) is 0 Å². The highest BCUT2D eigenvalue weighted by Crippen LogP contribution is 2.60. The number of rotatable bonds is 1. The summed E-state index contributed by atoms with van der Waals surface area (Å²) in [5.74, 6) is 0.307. The van der Waals surface area contributed by atoms with Crippen LogP contribution in [-0.4, -0.2) is 42.5 Å². The standard InChI is InChI=1S/C19H22N2O3/c1-24-18(23)12-9-11-5-4-8-21-15(22)10-19(17(11)21)13-6-2-3-7-14(13)20-16(12)19/h2-3,6-7,11-12,16-17,20H,4-5,8-10H2,1H3/t11-,12+,16-,17-,19-/m1/s1. The lowest BCUT2D eigenvalue weighted by Gasteiger charge is -2.52. The first-order chi connectivity index (χ1) is 11.7. The Morgan fingerprint density at radius 2 is 2.21 bits per heavy atom. The molecule has 24 heavy (non-hydrogen) atoms. The van der Waals surface area contributed by atoms with Crippen LogP contribution in [-0.2, 0) is 19.7 Å². The SMILES string of the molecule is COC(=O)[C@H]1C[C@H]2CCCN3C(=O)C[C@]4(c5ccccc5N[C@H]14)[C@@H]23. The molecule has 5 heteroatoms. The molecule has 0 radical (unpaired) electrons. The van der Waals surface area contributed by atoms with E-state index in [2.05, 4.69) is 22.3 Å². The third-order valence-electron chi connectivity index (χ3n) is 6.81. The molecule has 5 nitrogen and oxygen atoms in total. The first-order valence-electron chi connectivity index (χ1n) is 8.90. The molecular formula is C19H22N2O3. The van der Waals surface area contributed by atoms with E-state index < -0.39 is 0 Å².